The van der Waals surface area contributed by atoms with Crippen LogP contribution in [0.25, 0.3) is 22.2 Å². The minimum atomic E-state index is -0.363. The highest BCUT2D eigenvalue weighted by molar-refractivity contribution is 5.80. The predicted molar refractivity (Wildman–Crippen MR) is 67.8 cm³/mol. The van der Waals surface area contributed by atoms with E-state index in [1.807, 2.05) is 6.07 Å². The van der Waals surface area contributed by atoms with Crippen molar-refractivity contribution in [1.29, 1.82) is 0 Å². The Morgan fingerprint density at radius 1 is 1.11 bits per heavy atom. The molecule has 0 radical (unpaired) electrons. The molecule has 0 saturated heterocycles. The normalized spacial score (nSPS) is 10.7. The summed E-state index contributed by atoms with van der Waals surface area (Å²) in [5, 5.41) is 0.816. The number of hydrogen-bond acceptors (Lipinski definition) is 2. The van der Waals surface area contributed by atoms with Crippen molar-refractivity contribution in [1.82, 2.24) is 9.97 Å². The maximum atomic E-state index is 13.2. The molecule has 0 fully saturated rings. The summed E-state index contributed by atoms with van der Waals surface area (Å²) >= 11 is 0. The number of aromatic nitrogens is 2. The molecule has 0 bridgehead atoms. The van der Waals surface area contributed by atoms with E-state index in [2.05, 4.69) is 9.97 Å². The highest BCUT2D eigenvalue weighted by atomic mass is 19.1. The Kier molecular flexibility index (Phi) is 2.41. The van der Waals surface area contributed by atoms with Crippen LogP contribution in [0.1, 0.15) is 0 Å². The highest BCUT2D eigenvalue weighted by Gasteiger charge is 2.06. The van der Waals surface area contributed by atoms with Crippen molar-refractivity contribution in [2.75, 3.05) is 0 Å². The summed E-state index contributed by atoms with van der Waals surface area (Å²) in [5.41, 5.74) is 1.26. The van der Waals surface area contributed by atoms with Gasteiger partial charge in [0, 0.05) is 17.1 Å². The third kappa shape index (κ3) is 1.78. The van der Waals surface area contributed by atoms with E-state index in [1.165, 1.54) is 12.1 Å². The van der Waals surface area contributed by atoms with Gasteiger partial charge in [-0.15, -0.1) is 0 Å². The van der Waals surface area contributed by atoms with Crippen LogP contribution in [-0.4, -0.2) is 9.97 Å². The van der Waals surface area contributed by atoms with Crippen LogP contribution in [0.5, 0.6) is 0 Å². The Morgan fingerprint density at radius 3 is 2.83 bits per heavy atom. The monoisotopic (exact) mass is 240 g/mol. The highest BCUT2D eigenvalue weighted by Crippen LogP contribution is 2.19. The van der Waals surface area contributed by atoms with Gasteiger partial charge in [-0.3, -0.25) is 4.79 Å². The van der Waals surface area contributed by atoms with Gasteiger partial charge in [0.1, 0.15) is 11.5 Å². The fourth-order valence-corrected chi connectivity index (χ4v) is 1.91. The smallest absolute Gasteiger partial charge is 0.257 e. The second kappa shape index (κ2) is 4.07. The van der Waals surface area contributed by atoms with Gasteiger partial charge in [-0.25, -0.2) is 9.37 Å². The number of pyridine rings is 2. The van der Waals surface area contributed by atoms with Crippen molar-refractivity contribution >= 4 is 11.0 Å². The summed E-state index contributed by atoms with van der Waals surface area (Å²) in [6.07, 6.45) is 1.61. The molecule has 2 aromatic heterocycles. The van der Waals surface area contributed by atoms with Gasteiger partial charge < -0.3 is 4.98 Å². The van der Waals surface area contributed by atoms with Crippen LogP contribution in [0.3, 0.4) is 0 Å². The average Bonchev–Trinajstić information content (AvgIpc) is 2.38. The second-order valence-electron chi connectivity index (χ2n) is 3.96. The maximum absolute atomic E-state index is 13.2. The van der Waals surface area contributed by atoms with Crippen LogP contribution in [0.2, 0.25) is 0 Å². The Bertz CT molecular complexity index is 780. The van der Waals surface area contributed by atoms with E-state index < -0.39 is 0 Å². The van der Waals surface area contributed by atoms with Gasteiger partial charge in [-0.1, -0.05) is 12.1 Å². The van der Waals surface area contributed by atoms with Crippen molar-refractivity contribution in [3.05, 3.63) is 64.8 Å². The van der Waals surface area contributed by atoms with Crippen LogP contribution in [-0.2, 0) is 0 Å². The van der Waals surface area contributed by atoms with E-state index in [9.17, 15) is 9.18 Å². The van der Waals surface area contributed by atoms with Crippen LogP contribution in [0.15, 0.2) is 53.5 Å². The van der Waals surface area contributed by atoms with Gasteiger partial charge in [-0.05, 0) is 35.9 Å². The first-order valence-corrected chi connectivity index (χ1v) is 5.48. The summed E-state index contributed by atoms with van der Waals surface area (Å²) in [4.78, 5) is 18.7. The zero-order valence-corrected chi connectivity index (χ0v) is 9.35. The number of nitrogens with one attached hydrogen (secondary N) is 1. The quantitative estimate of drug-likeness (QED) is 0.710. The van der Waals surface area contributed by atoms with Crippen molar-refractivity contribution in [3.8, 4) is 11.1 Å². The minimum absolute atomic E-state index is 0.271. The lowest BCUT2D eigenvalue weighted by molar-refractivity contribution is 0.628. The van der Waals surface area contributed by atoms with Gasteiger partial charge in [0.05, 0.1) is 0 Å². The third-order valence-corrected chi connectivity index (χ3v) is 2.75. The van der Waals surface area contributed by atoms with Crippen LogP contribution < -0.4 is 5.56 Å². The van der Waals surface area contributed by atoms with Gasteiger partial charge in [-0.2, -0.15) is 0 Å². The lowest BCUT2D eigenvalue weighted by Crippen LogP contribution is -2.09. The van der Waals surface area contributed by atoms with Crippen molar-refractivity contribution in [3.63, 3.8) is 0 Å². The van der Waals surface area contributed by atoms with Gasteiger partial charge in [0.25, 0.3) is 5.56 Å². The first-order chi connectivity index (χ1) is 8.74. The molecule has 0 aliphatic heterocycles. The molecule has 4 heteroatoms. The van der Waals surface area contributed by atoms with E-state index >= 15 is 0 Å². The summed E-state index contributed by atoms with van der Waals surface area (Å²) in [6, 6.07) is 11.3. The summed E-state index contributed by atoms with van der Waals surface area (Å²) in [5.74, 6) is -0.363. The largest absolute Gasteiger partial charge is 0.306 e. The molecule has 3 aromatic rings. The van der Waals surface area contributed by atoms with Gasteiger partial charge >= 0.3 is 0 Å². The number of H-pyrrole nitrogens is 1. The minimum Gasteiger partial charge on any atom is -0.306 e. The van der Waals surface area contributed by atoms with Gasteiger partial charge in [0.15, 0.2) is 0 Å². The third-order valence-electron chi connectivity index (χ3n) is 2.75. The van der Waals surface area contributed by atoms with Gasteiger partial charge in [0.2, 0.25) is 0 Å². The molecule has 0 saturated carbocycles. The number of rotatable bonds is 1. The zero-order chi connectivity index (χ0) is 12.5. The van der Waals surface area contributed by atoms with E-state index in [0.717, 1.165) is 5.39 Å². The Labute approximate surface area is 102 Å². The van der Waals surface area contributed by atoms with E-state index in [-0.39, 0.29) is 11.4 Å². The predicted octanol–water partition coefficient (Wildman–Crippen LogP) is 2.73. The summed E-state index contributed by atoms with van der Waals surface area (Å²) in [6.45, 7) is 0. The van der Waals surface area contributed by atoms with Crippen LogP contribution in [0.4, 0.5) is 4.39 Å². The Balaban J connectivity index is 2.29. The Hall–Kier alpha value is -2.49. The molecule has 3 nitrogen and oxygen atoms in total. The van der Waals surface area contributed by atoms with E-state index in [4.69, 9.17) is 0 Å². The standard InChI is InChI=1S/C14H9FN2O/c15-11-5-1-3-9(7-11)12-8-10-4-2-6-16-13(10)17-14(12)18/h1-8H,(H,16,17,18). The molecule has 88 valence electrons. The first kappa shape index (κ1) is 10.7. The molecule has 2 heterocycles. The molecule has 0 atom stereocenters. The molecule has 1 N–H and O–H groups in total. The number of nitrogens with zero attached hydrogens (tertiary/aromatic N) is 1. The Morgan fingerprint density at radius 2 is 2.00 bits per heavy atom. The van der Waals surface area contributed by atoms with Crippen molar-refractivity contribution in [2.45, 2.75) is 0 Å². The molecule has 0 aliphatic carbocycles. The molecule has 3 rings (SSSR count). The molecule has 1 aromatic carbocycles. The van der Waals surface area contributed by atoms with E-state index in [1.54, 1.807) is 30.5 Å². The topological polar surface area (TPSA) is 45.8 Å². The lowest BCUT2D eigenvalue weighted by Gasteiger charge is -2.03. The summed E-state index contributed by atoms with van der Waals surface area (Å²) in [7, 11) is 0. The fourth-order valence-electron chi connectivity index (χ4n) is 1.91. The van der Waals surface area contributed by atoms with Crippen LogP contribution in [0, 0.1) is 5.82 Å². The van der Waals surface area contributed by atoms with Crippen LogP contribution >= 0.6 is 0 Å². The number of halogens is 1. The number of benzene rings is 1. The molecule has 0 aliphatic rings. The number of fused-ring (bicyclic) bond motifs is 1. The zero-order valence-electron chi connectivity index (χ0n) is 9.35. The molecule has 0 spiro atoms. The fraction of sp³-hybridized carbons (Fsp3) is 0. The lowest BCUT2D eigenvalue weighted by atomic mass is 10.1. The number of aromatic amines is 1. The SMILES string of the molecule is O=c1[nH]c2ncccc2cc1-c1cccc(F)c1. The van der Waals surface area contributed by atoms with E-state index in [0.29, 0.717) is 16.8 Å². The molecular weight excluding hydrogens is 231 g/mol. The second-order valence-corrected chi connectivity index (χ2v) is 3.96. The summed E-state index contributed by atoms with van der Waals surface area (Å²) < 4.78 is 13.2. The number of hydrogen-bond donors (Lipinski definition) is 1. The maximum Gasteiger partial charge on any atom is 0.257 e. The molecular formula is C14H9FN2O. The van der Waals surface area contributed by atoms with Crippen molar-refractivity contribution in [2.24, 2.45) is 0 Å². The average molecular weight is 240 g/mol. The van der Waals surface area contributed by atoms with Crippen molar-refractivity contribution < 1.29 is 4.39 Å². The first-order valence-electron chi connectivity index (χ1n) is 5.48. The molecule has 0 unspecified atom stereocenters. The molecule has 18 heavy (non-hydrogen) atoms. The molecule has 0 amide bonds.